The van der Waals surface area contributed by atoms with E-state index in [0.717, 1.165) is 0 Å². The standard InChI is InChI=1S/C6H12BrCl/c1-5(2,3)6(4,7)8/h1-4H3/t6-/m0/s1. The Morgan fingerprint density at radius 2 is 1.25 bits per heavy atom. The Kier molecular flexibility index (Phi) is 2.39. The Morgan fingerprint density at radius 1 is 1.12 bits per heavy atom. The molecule has 2 heteroatoms. The van der Waals surface area contributed by atoms with Gasteiger partial charge in [-0.25, -0.2) is 0 Å². The largest absolute Gasteiger partial charge is 0.106 e. The van der Waals surface area contributed by atoms with Crippen molar-refractivity contribution < 1.29 is 0 Å². The summed E-state index contributed by atoms with van der Waals surface area (Å²) in [5, 5.41) is 0. The first kappa shape index (κ1) is 8.77. The van der Waals surface area contributed by atoms with Crippen LogP contribution >= 0.6 is 27.5 Å². The predicted octanol–water partition coefficient (Wildman–Crippen LogP) is 3.38. The Morgan fingerprint density at radius 3 is 1.25 bits per heavy atom. The molecule has 0 radical (unpaired) electrons. The highest BCUT2D eigenvalue weighted by atomic mass is 79.9. The first-order valence-electron chi connectivity index (χ1n) is 2.63. The van der Waals surface area contributed by atoms with Gasteiger partial charge >= 0.3 is 0 Å². The van der Waals surface area contributed by atoms with Gasteiger partial charge in [0.2, 0.25) is 0 Å². The lowest BCUT2D eigenvalue weighted by atomic mass is 9.93. The third kappa shape index (κ3) is 2.36. The first-order chi connectivity index (χ1) is 3.25. The van der Waals surface area contributed by atoms with Crippen molar-refractivity contribution in [2.75, 3.05) is 0 Å². The molecule has 0 unspecified atom stereocenters. The number of alkyl halides is 2. The molecule has 0 bridgehead atoms. The van der Waals surface area contributed by atoms with E-state index < -0.39 is 0 Å². The maximum absolute atomic E-state index is 5.93. The number of halogens is 2. The molecule has 0 saturated heterocycles. The summed E-state index contributed by atoms with van der Waals surface area (Å²) >= 11 is 9.29. The molecule has 0 fully saturated rings. The van der Waals surface area contributed by atoms with Crippen LogP contribution < -0.4 is 0 Å². The summed E-state index contributed by atoms with van der Waals surface area (Å²) in [6.07, 6.45) is 0. The SMILES string of the molecule is CC(C)(C)[C@](C)(Cl)Br. The minimum Gasteiger partial charge on any atom is -0.106 e. The predicted molar refractivity (Wildman–Crippen MR) is 42.6 cm³/mol. The summed E-state index contributed by atoms with van der Waals surface area (Å²) in [6, 6.07) is 0. The lowest BCUT2D eigenvalue weighted by Crippen LogP contribution is -2.26. The van der Waals surface area contributed by atoms with E-state index in [0.29, 0.717) is 0 Å². The van der Waals surface area contributed by atoms with Crippen molar-refractivity contribution in [1.29, 1.82) is 0 Å². The smallest absolute Gasteiger partial charge is 0.101 e. The van der Waals surface area contributed by atoms with E-state index in [4.69, 9.17) is 11.6 Å². The monoisotopic (exact) mass is 198 g/mol. The molecule has 0 aliphatic carbocycles. The van der Waals surface area contributed by atoms with Gasteiger partial charge < -0.3 is 0 Å². The molecule has 0 aromatic rings. The minimum absolute atomic E-state index is 0.120. The van der Waals surface area contributed by atoms with Gasteiger partial charge in [-0.05, 0) is 12.3 Å². The van der Waals surface area contributed by atoms with E-state index in [1.54, 1.807) is 0 Å². The molecular weight excluding hydrogens is 187 g/mol. The van der Waals surface area contributed by atoms with Crippen LogP contribution in [0.25, 0.3) is 0 Å². The summed E-state index contributed by atoms with van der Waals surface area (Å²) in [5.74, 6) is 0. The number of hydrogen-bond acceptors (Lipinski definition) is 0. The maximum atomic E-state index is 5.93. The summed E-state index contributed by atoms with van der Waals surface area (Å²) in [4.78, 5) is 0. The molecule has 8 heavy (non-hydrogen) atoms. The summed E-state index contributed by atoms with van der Waals surface area (Å²) in [5.41, 5.74) is 0.120. The molecule has 0 heterocycles. The maximum Gasteiger partial charge on any atom is 0.101 e. The molecule has 0 aliphatic rings. The average molecular weight is 200 g/mol. The Labute approximate surface area is 64.7 Å². The summed E-state index contributed by atoms with van der Waals surface area (Å²) < 4.78 is -0.278. The second-order valence-corrected chi connectivity index (χ2v) is 5.94. The summed E-state index contributed by atoms with van der Waals surface area (Å²) in [7, 11) is 0. The van der Waals surface area contributed by atoms with Gasteiger partial charge in [0.15, 0.2) is 0 Å². The van der Waals surface area contributed by atoms with Crippen LogP contribution in [0.3, 0.4) is 0 Å². The fourth-order valence-electron chi connectivity index (χ4n) is 0. The van der Waals surface area contributed by atoms with Gasteiger partial charge in [-0.1, -0.05) is 36.7 Å². The molecule has 50 valence electrons. The second kappa shape index (κ2) is 2.18. The van der Waals surface area contributed by atoms with Gasteiger partial charge in [0.1, 0.15) is 3.78 Å². The fraction of sp³-hybridized carbons (Fsp3) is 1.00. The van der Waals surface area contributed by atoms with Crippen LogP contribution in [0.2, 0.25) is 0 Å². The Hall–Kier alpha value is 0.770. The van der Waals surface area contributed by atoms with Gasteiger partial charge in [-0.3, -0.25) is 0 Å². The molecule has 0 amide bonds. The van der Waals surface area contributed by atoms with Gasteiger partial charge in [0.05, 0.1) is 0 Å². The van der Waals surface area contributed by atoms with E-state index >= 15 is 0 Å². The molecule has 1 atom stereocenters. The highest BCUT2D eigenvalue weighted by Gasteiger charge is 2.31. The molecule has 0 nitrogen and oxygen atoms in total. The van der Waals surface area contributed by atoms with E-state index in [2.05, 4.69) is 36.7 Å². The zero-order chi connectivity index (χ0) is 7.00. The molecule has 0 saturated carbocycles. The summed E-state index contributed by atoms with van der Waals surface area (Å²) in [6.45, 7) is 8.23. The van der Waals surface area contributed by atoms with Gasteiger partial charge in [0, 0.05) is 0 Å². The molecule has 0 spiro atoms. The normalized spacial score (nSPS) is 20.2. The van der Waals surface area contributed by atoms with Crippen LogP contribution in [0.15, 0.2) is 0 Å². The lowest BCUT2D eigenvalue weighted by molar-refractivity contribution is 0.385. The average Bonchev–Trinajstić information content (AvgIpc) is 1.25. The zero-order valence-electron chi connectivity index (χ0n) is 5.76. The minimum atomic E-state index is -0.278. The fourth-order valence-corrected chi connectivity index (χ4v) is 0. The topological polar surface area (TPSA) is 0 Å². The van der Waals surface area contributed by atoms with Crippen molar-refractivity contribution in [3.05, 3.63) is 0 Å². The molecule has 0 aromatic heterocycles. The molecule has 0 aliphatic heterocycles. The van der Waals surface area contributed by atoms with Gasteiger partial charge in [-0.15, -0.1) is 11.6 Å². The van der Waals surface area contributed by atoms with Crippen LogP contribution in [-0.4, -0.2) is 3.78 Å². The van der Waals surface area contributed by atoms with Crippen molar-refractivity contribution in [3.63, 3.8) is 0 Å². The van der Waals surface area contributed by atoms with Crippen molar-refractivity contribution >= 4 is 27.5 Å². The van der Waals surface area contributed by atoms with Crippen molar-refractivity contribution in [2.24, 2.45) is 5.41 Å². The van der Waals surface area contributed by atoms with E-state index in [-0.39, 0.29) is 9.20 Å². The molecule has 0 N–H and O–H groups in total. The van der Waals surface area contributed by atoms with Crippen molar-refractivity contribution in [2.45, 2.75) is 31.5 Å². The van der Waals surface area contributed by atoms with Crippen molar-refractivity contribution in [1.82, 2.24) is 0 Å². The third-order valence-electron chi connectivity index (χ3n) is 1.32. The molecular formula is C6H12BrCl. The van der Waals surface area contributed by atoms with E-state index in [1.807, 2.05) is 6.92 Å². The first-order valence-corrected chi connectivity index (χ1v) is 3.80. The van der Waals surface area contributed by atoms with E-state index in [1.165, 1.54) is 0 Å². The molecule has 0 aromatic carbocycles. The van der Waals surface area contributed by atoms with Crippen molar-refractivity contribution in [3.8, 4) is 0 Å². The third-order valence-corrected chi connectivity index (χ3v) is 3.07. The lowest BCUT2D eigenvalue weighted by Gasteiger charge is -2.30. The number of rotatable bonds is 0. The van der Waals surface area contributed by atoms with Gasteiger partial charge in [-0.2, -0.15) is 0 Å². The van der Waals surface area contributed by atoms with Crippen LogP contribution in [0.4, 0.5) is 0 Å². The highest BCUT2D eigenvalue weighted by molar-refractivity contribution is 9.10. The van der Waals surface area contributed by atoms with Crippen LogP contribution in [0.1, 0.15) is 27.7 Å². The van der Waals surface area contributed by atoms with Gasteiger partial charge in [0.25, 0.3) is 0 Å². The Bertz CT molecular complexity index is 63.5. The van der Waals surface area contributed by atoms with E-state index in [9.17, 15) is 0 Å². The number of hydrogen-bond donors (Lipinski definition) is 0. The Balaban J connectivity index is 4.02. The van der Waals surface area contributed by atoms with Crippen LogP contribution in [0, 0.1) is 5.41 Å². The van der Waals surface area contributed by atoms with Crippen LogP contribution in [0.5, 0.6) is 0 Å². The second-order valence-electron chi connectivity index (χ2n) is 3.14. The van der Waals surface area contributed by atoms with Crippen LogP contribution in [-0.2, 0) is 0 Å². The quantitative estimate of drug-likeness (QED) is 0.525. The molecule has 0 rings (SSSR count). The highest BCUT2D eigenvalue weighted by Crippen LogP contribution is 2.40. The zero-order valence-corrected chi connectivity index (χ0v) is 8.10.